The Morgan fingerprint density at radius 1 is 1.45 bits per heavy atom. The van der Waals surface area contributed by atoms with Crippen molar-refractivity contribution in [1.82, 2.24) is 5.32 Å². The van der Waals surface area contributed by atoms with Gasteiger partial charge in [0.2, 0.25) is 5.91 Å². The minimum absolute atomic E-state index is 0.110. The monoisotopic (exact) mass is 293 g/mol. The summed E-state index contributed by atoms with van der Waals surface area (Å²) in [7, 11) is 1.58. The molecular formula is C15H16ClNO3. The first-order valence-electron chi connectivity index (χ1n) is 6.22. The van der Waals surface area contributed by atoms with Crippen molar-refractivity contribution >= 4 is 17.5 Å². The minimum atomic E-state index is -0.110. The second-order valence-electron chi connectivity index (χ2n) is 4.45. The Morgan fingerprint density at radius 3 is 2.90 bits per heavy atom. The van der Waals surface area contributed by atoms with Gasteiger partial charge in [-0.05, 0) is 36.8 Å². The molecule has 2 rings (SSSR count). The van der Waals surface area contributed by atoms with E-state index in [1.807, 2.05) is 19.1 Å². The van der Waals surface area contributed by atoms with Crippen LogP contribution in [-0.2, 0) is 17.8 Å². The van der Waals surface area contributed by atoms with E-state index in [4.69, 9.17) is 20.8 Å². The summed E-state index contributed by atoms with van der Waals surface area (Å²) < 4.78 is 10.5. The Balaban J connectivity index is 2.03. The standard InChI is InChI=1S/C15H16ClNO3/c1-10-6-12(16)7-11(15(10)19-2)8-14(18)17-9-13-4-3-5-20-13/h3-7H,8-9H2,1-2H3,(H,17,18). The van der Waals surface area contributed by atoms with Crippen LogP contribution in [0.2, 0.25) is 5.02 Å². The highest BCUT2D eigenvalue weighted by molar-refractivity contribution is 6.30. The zero-order chi connectivity index (χ0) is 14.5. The molecule has 0 aliphatic carbocycles. The molecule has 1 amide bonds. The molecule has 0 saturated carbocycles. The van der Waals surface area contributed by atoms with Crippen molar-refractivity contribution in [2.45, 2.75) is 19.9 Å². The van der Waals surface area contributed by atoms with Crippen molar-refractivity contribution in [3.63, 3.8) is 0 Å². The van der Waals surface area contributed by atoms with E-state index in [0.29, 0.717) is 23.1 Å². The number of furan rings is 1. The number of nitrogens with one attached hydrogen (secondary N) is 1. The number of amides is 1. The van der Waals surface area contributed by atoms with Gasteiger partial charge in [0.15, 0.2) is 0 Å². The molecule has 0 saturated heterocycles. The highest BCUT2D eigenvalue weighted by Crippen LogP contribution is 2.27. The zero-order valence-corrected chi connectivity index (χ0v) is 12.2. The number of hydrogen-bond acceptors (Lipinski definition) is 3. The lowest BCUT2D eigenvalue weighted by Gasteiger charge is -2.12. The van der Waals surface area contributed by atoms with Crippen LogP contribution in [0.15, 0.2) is 34.9 Å². The molecule has 1 aromatic carbocycles. The van der Waals surface area contributed by atoms with Gasteiger partial charge in [0.25, 0.3) is 0 Å². The SMILES string of the molecule is COc1c(C)cc(Cl)cc1CC(=O)NCc1ccco1. The zero-order valence-electron chi connectivity index (χ0n) is 11.4. The molecule has 20 heavy (non-hydrogen) atoms. The van der Waals surface area contributed by atoms with E-state index >= 15 is 0 Å². The number of carbonyl (C=O) groups is 1. The molecule has 0 spiro atoms. The van der Waals surface area contributed by atoms with Gasteiger partial charge in [-0.25, -0.2) is 0 Å². The van der Waals surface area contributed by atoms with Crippen molar-refractivity contribution in [2.24, 2.45) is 0 Å². The summed E-state index contributed by atoms with van der Waals surface area (Å²) >= 11 is 6.02. The Labute approximate surface area is 122 Å². The summed E-state index contributed by atoms with van der Waals surface area (Å²) in [5, 5.41) is 3.39. The highest BCUT2D eigenvalue weighted by atomic mass is 35.5. The first-order valence-corrected chi connectivity index (χ1v) is 6.60. The van der Waals surface area contributed by atoms with Gasteiger partial charge in [-0.1, -0.05) is 11.6 Å². The van der Waals surface area contributed by atoms with Gasteiger partial charge >= 0.3 is 0 Å². The molecule has 0 aliphatic rings. The summed E-state index contributed by atoms with van der Waals surface area (Å²) in [6.45, 7) is 2.27. The van der Waals surface area contributed by atoms with Gasteiger partial charge in [-0.3, -0.25) is 4.79 Å². The Kier molecular flexibility index (Phi) is 4.69. The topological polar surface area (TPSA) is 51.5 Å². The van der Waals surface area contributed by atoms with Crippen LogP contribution in [0.3, 0.4) is 0 Å². The lowest BCUT2D eigenvalue weighted by Crippen LogP contribution is -2.24. The fraction of sp³-hybridized carbons (Fsp3) is 0.267. The fourth-order valence-corrected chi connectivity index (χ4v) is 2.35. The van der Waals surface area contributed by atoms with Crippen molar-refractivity contribution in [3.05, 3.63) is 52.4 Å². The lowest BCUT2D eigenvalue weighted by molar-refractivity contribution is -0.120. The molecular weight excluding hydrogens is 278 g/mol. The normalized spacial score (nSPS) is 10.3. The molecule has 2 aromatic rings. The van der Waals surface area contributed by atoms with E-state index in [9.17, 15) is 4.79 Å². The predicted molar refractivity (Wildman–Crippen MR) is 77.0 cm³/mol. The largest absolute Gasteiger partial charge is 0.496 e. The maximum Gasteiger partial charge on any atom is 0.224 e. The van der Waals surface area contributed by atoms with E-state index in [1.165, 1.54) is 0 Å². The molecule has 4 nitrogen and oxygen atoms in total. The van der Waals surface area contributed by atoms with Gasteiger partial charge in [-0.2, -0.15) is 0 Å². The van der Waals surface area contributed by atoms with Crippen LogP contribution >= 0.6 is 11.6 Å². The maximum absolute atomic E-state index is 11.9. The van der Waals surface area contributed by atoms with E-state index in [0.717, 1.165) is 11.1 Å². The number of aryl methyl sites for hydroxylation is 1. The average Bonchev–Trinajstić information content (AvgIpc) is 2.89. The van der Waals surface area contributed by atoms with E-state index in [2.05, 4.69) is 5.32 Å². The summed E-state index contributed by atoms with van der Waals surface area (Å²) in [6.07, 6.45) is 1.79. The van der Waals surface area contributed by atoms with Crippen molar-refractivity contribution < 1.29 is 13.9 Å². The van der Waals surface area contributed by atoms with E-state index in [1.54, 1.807) is 25.5 Å². The van der Waals surface area contributed by atoms with Crippen LogP contribution in [0.5, 0.6) is 5.75 Å². The number of carbonyl (C=O) groups excluding carboxylic acids is 1. The number of halogens is 1. The number of hydrogen-bond donors (Lipinski definition) is 1. The Morgan fingerprint density at radius 2 is 2.25 bits per heavy atom. The molecule has 5 heteroatoms. The molecule has 0 unspecified atom stereocenters. The maximum atomic E-state index is 11.9. The van der Waals surface area contributed by atoms with Gasteiger partial charge < -0.3 is 14.5 Å². The molecule has 0 aliphatic heterocycles. The van der Waals surface area contributed by atoms with Crippen LogP contribution < -0.4 is 10.1 Å². The van der Waals surface area contributed by atoms with E-state index in [-0.39, 0.29) is 12.3 Å². The minimum Gasteiger partial charge on any atom is -0.496 e. The molecule has 1 N–H and O–H groups in total. The van der Waals surface area contributed by atoms with Gasteiger partial charge in [0.05, 0.1) is 26.3 Å². The second-order valence-corrected chi connectivity index (χ2v) is 4.88. The Hall–Kier alpha value is -1.94. The molecule has 0 bridgehead atoms. The highest BCUT2D eigenvalue weighted by Gasteiger charge is 2.12. The molecule has 0 fully saturated rings. The Bertz CT molecular complexity index is 593. The summed E-state index contributed by atoms with van der Waals surface area (Å²) in [5.74, 6) is 1.30. The van der Waals surface area contributed by atoms with Crippen LogP contribution in [0, 0.1) is 6.92 Å². The molecule has 1 heterocycles. The average molecular weight is 294 g/mol. The van der Waals surface area contributed by atoms with Crippen molar-refractivity contribution in [2.75, 3.05) is 7.11 Å². The molecule has 106 valence electrons. The smallest absolute Gasteiger partial charge is 0.224 e. The quantitative estimate of drug-likeness (QED) is 0.921. The van der Waals surface area contributed by atoms with Crippen LogP contribution in [-0.4, -0.2) is 13.0 Å². The van der Waals surface area contributed by atoms with Gasteiger partial charge in [-0.15, -0.1) is 0 Å². The number of ether oxygens (including phenoxy) is 1. The van der Waals surface area contributed by atoms with Crippen molar-refractivity contribution in [1.29, 1.82) is 0 Å². The first-order chi connectivity index (χ1) is 9.60. The van der Waals surface area contributed by atoms with E-state index < -0.39 is 0 Å². The molecule has 0 atom stereocenters. The summed E-state index contributed by atoms with van der Waals surface area (Å²) in [6, 6.07) is 7.15. The number of rotatable bonds is 5. The third-order valence-electron chi connectivity index (χ3n) is 2.91. The summed E-state index contributed by atoms with van der Waals surface area (Å²) in [4.78, 5) is 11.9. The van der Waals surface area contributed by atoms with Crippen LogP contribution in [0.25, 0.3) is 0 Å². The third-order valence-corrected chi connectivity index (χ3v) is 3.13. The number of benzene rings is 1. The van der Waals surface area contributed by atoms with Gasteiger partial charge in [0, 0.05) is 10.6 Å². The molecule has 0 radical (unpaired) electrons. The second kappa shape index (κ2) is 6.48. The molecule has 1 aromatic heterocycles. The fourth-order valence-electron chi connectivity index (χ4n) is 2.06. The summed E-state index contributed by atoms with van der Waals surface area (Å²) in [5.41, 5.74) is 1.68. The van der Waals surface area contributed by atoms with Gasteiger partial charge in [0.1, 0.15) is 11.5 Å². The first kappa shape index (κ1) is 14.5. The van der Waals surface area contributed by atoms with Crippen LogP contribution in [0.4, 0.5) is 0 Å². The van der Waals surface area contributed by atoms with Crippen LogP contribution in [0.1, 0.15) is 16.9 Å². The number of methoxy groups -OCH3 is 1. The van der Waals surface area contributed by atoms with Crippen molar-refractivity contribution in [3.8, 4) is 5.75 Å². The third kappa shape index (κ3) is 3.54. The predicted octanol–water partition coefficient (Wildman–Crippen LogP) is 3.11. The lowest BCUT2D eigenvalue weighted by atomic mass is 10.1.